The van der Waals surface area contributed by atoms with E-state index in [-0.39, 0.29) is 6.29 Å². The molecular formula is C19H32O2S2. The molecule has 4 heteroatoms. The van der Waals surface area contributed by atoms with Crippen LogP contribution in [0.2, 0.25) is 0 Å². The largest absolute Gasteiger partial charge is 0.350 e. The summed E-state index contributed by atoms with van der Waals surface area (Å²) in [6.45, 7) is 8.17. The third kappa shape index (κ3) is 7.25. The first-order chi connectivity index (χ1) is 11.1. The normalized spacial score (nSPS) is 22.3. The summed E-state index contributed by atoms with van der Waals surface area (Å²) in [5.41, 5.74) is 2.95. The molecule has 2 rings (SSSR count). The van der Waals surface area contributed by atoms with E-state index in [4.69, 9.17) is 9.47 Å². The van der Waals surface area contributed by atoms with Gasteiger partial charge in [-0.1, -0.05) is 23.3 Å². The van der Waals surface area contributed by atoms with Crippen LogP contribution in [-0.2, 0) is 9.47 Å². The Labute approximate surface area is 150 Å². The minimum Gasteiger partial charge on any atom is -0.350 e. The molecule has 0 aliphatic carbocycles. The number of hydrogen-bond acceptors (Lipinski definition) is 4. The number of ether oxygens (including phenoxy) is 2. The average Bonchev–Trinajstić information content (AvgIpc) is 3.05. The Morgan fingerprint density at radius 3 is 2.43 bits per heavy atom. The molecule has 2 heterocycles. The van der Waals surface area contributed by atoms with Gasteiger partial charge in [0, 0.05) is 6.42 Å². The highest BCUT2D eigenvalue weighted by molar-refractivity contribution is 8.18. The molecular weight excluding hydrogens is 324 g/mol. The Hall–Kier alpha value is 0.1000. The van der Waals surface area contributed by atoms with Crippen molar-refractivity contribution in [3.63, 3.8) is 0 Å². The van der Waals surface area contributed by atoms with Crippen molar-refractivity contribution in [2.45, 2.75) is 69.7 Å². The molecule has 2 saturated heterocycles. The van der Waals surface area contributed by atoms with Crippen molar-refractivity contribution < 1.29 is 9.47 Å². The van der Waals surface area contributed by atoms with Crippen molar-refractivity contribution >= 4 is 23.5 Å². The molecule has 0 spiro atoms. The zero-order chi connectivity index (χ0) is 16.5. The van der Waals surface area contributed by atoms with Gasteiger partial charge in [0.2, 0.25) is 0 Å². The predicted octanol–water partition coefficient (Wildman–Crippen LogP) is 5.79. The highest BCUT2D eigenvalue weighted by Gasteiger charge is 2.34. The predicted molar refractivity (Wildman–Crippen MR) is 104 cm³/mol. The van der Waals surface area contributed by atoms with E-state index in [2.05, 4.69) is 56.4 Å². The zero-order valence-electron chi connectivity index (χ0n) is 14.9. The van der Waals surface area contributed by atoms with Gasteiger partial charge in [0.1, 0.15) is 0 Å². The third-order valence-corrected chi connectivity index (χ3v) is 7.81. The van der Waals surface area contributed by atoms with Gasteiger partial charge in [0.05, 0.1) is 17.3 Å². The van der Waals surface area contributed by atoms with Crippen LogP contribution in [0, 0.1) is 0 Å². The fraction of sp³-hybridized carbons (Fsp3) is 0.789. The first kappa shape index (κ1) is 19.4. The standard InChI is InChI=1S/C19H32O2S2/c1-16(2)6-4-7-17(3)8-10-19(22-14-5-15-23-19)11-9-18-20-12-13-21-18/h6,8,18H,4-5,7,9-15H2,1-3H3. The zero-order valence-corrected chi connectivity index (χ0v) is 16.6. The van der Waals surface area contributed by atoms with Crippen LogP contribution in [0.25, 0.3) is 0 Å². The Kier molecular flexibility index (Phi) is 8.59. The molecule has 0 aromatic carbocycles. The highest BCUT2D eigenvalue weighted by Crippen LogP contribution is 2.49. The van der Waals surface area contributed by atoms with Gasteiger partial charge in [0.25, 0.3) is 0 Å². The van der Waals surface area contributed by atoms with Gasteiger partial charge in [-0.2, -0.15) is 0 Å². The minimum atomic E-state index is 0.0396. The van der Waals surface area contributed by atoms with Crippen molar-refractivity contribution in [2.24, 2.45) is 0 Å². The van der Waals surface area contributed by atoms with Crippen LogP contribution in [-0.4, -0.2) is 35.1 Å². The van der Waals surface area contributed by atoms with Crippen LogP contribution in [0.3, 0.4) is 0 Å². The summed E-state index contributed by atoms with van der Waals surface area (Å²) >= 11 is 4.32. The number of allylic oxidation sites excluding steroid dienone is 4. The maximum absolute atomic E-state index is 5.63. The summed E-state index contributed by atoms with van der Waals surface area (Å²) in [5, 5.41) is 0. The molecule has 132 valence electrons. The summed E-state index contributed by atoms with van der Waals surface area (Å²) in [7, 11) is 0. The quantitative estimate of drug-likeness (QED) is 0.512. The summed E-state index contributed by atoms with van der Waals surface area (Å²) < 4.78 is 11.6. The topological polar surface area (TPSA) is 18.5 Å². The molecule has 23 heavy (non-hydrogen) atoms. The van der Waals surface area contributed by atoms with E-state index in [1.54, 1.807) is 0 Å². The lowest BCUT2D eigenvalue weighted by atomic mass is 10.1. The van der Waals surface area contributed by atoms with Crippen molar-refractivity contribution in [3.05, 3.63) is 23.3 Å². The van der Waals surface area contributed by atoms with Gasteiger partial charge < -0.3 is 9.47 Å². The van der Waals surface area contributed by atoms with Crippen molar-refractivity contribution in [3.8, 4) is 0 Å². The summed E-state index contributed by atoms with van der Waals surface area (Å²) in [6.07, 6.45) is 12.0. The monoisotopic (exact) mass is 356 g/mol. The summed E-state index contributed by atoms with van der Waals surface area (Å²) in [5.74, 6) is 2.59. The second kappa shape index (κ2) is 10.2. The lowest BCUT2D eigenvalue weighted by Gasteiger charge is -2.36. The number of rotatable bonds is 8. The number of hydrogen-bond donors (Lipinski definition) is 0. The maximum Gasteiger partial charge on any atom is 0.157 e. The van der Waals surface area contributed by atoms with Gasteiger partial charge in [-0.25, -0.2) is 0 Å². The first-order valence-corrected chi connectivity index (χ1v) is 10.9. The smallest absolute Gasteiger partial charge is 0.157 e. The second-order valence-electron chi connectivity index (χ2n) is 6.75. The van der Waals surface area contributed by atoms with E-state index < -0.39 is 0 Å². The molecule has 0 bridgehead atoms. The Bertz CT molecular complexity index is 402. The van der Waals surface area contributed by atoms with E-state index in [0.717, 1.165) is 19.6 Å². The maximum atomic E-state index is 5.63. The molecule has 0 saturated carbocycles. The molecule has 2 nitrogen and oxygen atoms in total. The lowest BCUT2D eigenvalue weighted by molar-refractivity contribution is -0.0480. The van der Waals surface area contributed by atoms with Gasteiger partial charge in [-0.05, 0) is 64.4 Å². The molecule has 0 amide bonds. The van der Waals surface area contributed by atoms with Gasteiger partial charge in [0.15, 0.2) is 6.29 Å². The molecule has 0 unspecified atom stereocenters. The van der Waals surface area contributed by atoms with Gasteiger partial charge >= 0.3 is 0 Å². The Balaban J connectivity index is 1.85. The van der Waals surface area contributed by atoms with Crippen LogP contribution < -0.4 is 0 Å². The molecule has 0 aromatic heterocycles. The summed E-state index contributed by atoms with van der Waals surface area (Å²) in [6, 6.07) is 0. The van der Waals surface area contributed by atoms with Crippen LogP contribution in [0.15, 0.2) is 23.3 Å². The molecule has 0 radical (unpaired) electrons. The Morgan fingerprint density at radius 2 is 1.78 bits per heavy atom. The molecule has 2 fully saturated rings. The van der Waals surface area contributed by atoms with Gasteiger partial charge in [-0.3, -0.25) is 0 Å². The van der Waals surface area contributed by atoms with Crippen molar-refractivity contribution in [1.29, 1.82) is 0 Å². The molecule has 2 aliphatic rings. The number of thioether (sulfide) groups is 2. The van der Waals surface area contributed by atoms with Crippen LogP contribution in [0.4, 0.5) is 0 Å². The SMILES string of the molecule is CC(C)=CCCC(C)=CCC1(CCC2OCCO2)SCCCS1. The summed E-state index contributed by atoms with van der Waals surface area (Å²) in [4.78, 5) is 0. The molecule has 0 aromatic rings. The first-order valence-electron chi connectivity index (χ1n) is 8.90. The van der Waals surface area contributed by atoms with E-state index in [9.17, 15) is 0 Å². The van der Waals surface area contributed by atoms with Crippen molar-refractivity contribution in [2.75, 3.05) is 24.7 Å². The fourth-order valence-electron chi connectivity index (χ4n) is 2.91. The third-order valence-electron chi connectivity index (χ3n) is 4.32. The van der Waals surface area contributed by atoms with Crippen LogP contribution in [0.1, 0.15) is 59.3 Å². The van der Waals surface area contributed by atoms with E-state index in [1.165, 1.54) is 54.8 Å². The van der Waals surface area contributed by atoms with E-state index in [0.29, 0.717) is 4.08 Å². The van der Waals surface area contributed by atoms with Gasteiger partial charge in [-0.15, -0.1) is 23.5 Å². The molecule has 2 aliphatic heterocycles. The van der Waals surface area contributed by atoms with Crippen LogP contribution in [0.5, 0.6) is 0 Å². The van der Waals surface area contributed by atoms with Crippen LogP contribution >= 0.6 is 23.5 Å². The lowest BCUT2D eigenvalue weighted by Crippen LogP contribution is -2.26. The second-order valence-corrected chi connectivity index (χ2v) is 9.96. The van der Waals surface area contributed by atoms with E-state index in [1.807, 2.05) is 0 Å². The van der Waals surface area contributed by atoms with E-state index >= 15 is 0 Å². The minimum absolute atomic E-state index is 0.0396. The molecule has 0 N–H and O–H groups in total. The average molecular weight is 357 g/mol. The highest BCUT2D eigenvalue weighted by atomic mass is 32.2. The fourth-order valence-corrected chi connectivity index (χ4v) is 6.18. The van der Waals surface area contributed by atoms with Crippen molar-refractivity contribution in [1.82, 2.24) is 0 Å². The Morgan fingerprint density at radius 1 is 1.09 bits per heavy atom. The molecule has 0 atom stereocenters.